The van der Waals surface area contributed by atoms with Gasteiger partial charge in [0, 0.05) is 19.0 Å². The Bertz CT molecular complexity index is 1460. The van der Waals surface area contributed by atoms with E-state index >= 15 is 0 Å². The van der Waals surface area contributed by atoms with Crippen LogP contribution in [0, 0.1) is 28.6 Å². The number of allylic oxidation sites excluding steroid dienone is 4. The van der Waals surface area contributed by atoms with Crippen LogP contribution >= 0.6 is 31.9 Å². The number of amides is 2. The van der Waals surface area contributed by atoms with Crippen LogP contribution < -0.4 is 10.6 Å². The number of hydrogen-bond donors (Lipinski definition) is 4. The number of hydrogen-bond acceptors (Lipinski definition) is 6. The van der Waals surface area contributed by atoms with Crippen LogP contribution in [0.2, 0.25) is 0 Å². The van der Waals surface area contributed by atoms with E-state index in [0.717, 1.165) is 11.1 Å². The molecule has 192 valence electrons. The SMILES string of the molecule is N#C/C(=C/c1ccc(O)c(Br)c1)C(=O)NCc1cccc(CNC(=O)/C(C#N)=C\C2C=C(Br)C(O)=CC2)c1. The number of phenols is 1. The van der Waals surface area contributed by atoms with Gasteiger partial charge in [-0.3, -0.25) is 9.59 Å². The normalized spacial score (nSPS) is 15.4. The zero-order valence-electron chi connectivity index (χ0n) is 19.9. The van der Waals surface area contributed by atoms with E-state index in [4.69, 9.17) is 0 Å². The highest BCUT2D eigenvalue weighted by Crippen LogP contribution is 2.27. The first-order chi connectivity index (χ1) is 18.2. The number of aliphatic hydroxyl groups is 1. The molecule has 10 heteroatoms. The molecule has 1 aliphatic carbocycles. The standard InChI is InChI=1S/C28H22Br2N4O4/c29-23-11-17(4-6-25(23)35)9-21(13-31)27(37)33-15-19-2-1-3-20(8-19)16-34-28(38)22(14-32)10-18-5-7-26(36)24(30)12-18/h1-4,6-12,18,35-36H,5,15-16H2,(H,33,37)(H,34,38)/b21-9-,22-10-. The maximum atomic E-state index is 12.6. The predicted molar refractivity (Wildman–Crippen MR) is 149 cm³/mol. The molecule has 0 bridgehead atoms. The van der Waals surface area contributed by atoms with Crippen molar-refractivity contribution in [1.29, 1.82) is 10.5 Å². The van der Waals surface area contributed by atoms with Crippen molar-refractivity contribution < 1.29 is 19.8 Å². The number of nitrogens with zero attached hydrogens (tertiary/aromatic N) is 2. The van der Waals surface area contributed by atoms with Gasteiger partial charge in [-0.15, -0.1) is 0 Å². The first-order valence-corrected chi connectivity index (χ1v) is 12.9. The summed E-state index contributed by atoms with van der Waals surface area (Å²) in [5.74, 6) is -1.09. The molecule has 8 nitrogen and oxygen atoms in total. The third-order valence-electron chi connectivity index (χ3n) is 5.48. The van der Waals surface area contributed by atoms with Gasteiger partial charge in [0.1, 0.15) is 34.8 Å². The zero-order valence-corrected chi connectivity index (χ0v) is 23.1. The van der Waals surface area contributed by atoms with E-state index in [9.17, 15) is 30.3 Å². The fourth-order valence-corrected chi connectivity index (χ4v) is 4.41. The molecule has 0 heterocycles. The van der Waals surface area contributed by atoms with Crippen molar-refractivity contribution >= 4 is 49.8 Å². The second-order valence-electron chi connectivity index (χ2n) is 8.26. The molecule has 1 aliphatic rings. The van der Waals surface area contributed by atoms with E-state index < -0.39 is 11.8 Å². The fourth-order valence-electron chi connectivity index (χ4n) is 3.51. The Morgan fingerprint density at radius 1 is 0.974 bits per heavy atom. The van der Waals surface area contributed by atoms with Gasteiger partial charge in [-0.1, -0.05) is 42.5 Å². The molecule has 0 saturated heterocycles. The Labute approximate surface area is 236 Å². The molecule has 1 unspecified atom stereocenters. The van der Waals surface area contributed by atoms with Crippen LogP contribution in [0.1, 0.15) is 23.1 Å². The lowest BCUT2D eigenvalue weighted by Crippen LogP contribution is -2.25. The Kier molecular flexibility index (Phi) is 10.1. The summed E-state index contributed by atoms with van der Waals surface area (Å²) in [6.07, 6.45) is 6.80. The van der Waals surface area contributed by atoms with Crippen molar-refractivity contribution in [2.24, 2.45) is 5.92 Å². The first-order valence-electron chi connectivity index (χ1n) is 11.3. The number of phenolic OH excluding ortho intramolecular Hbond substituents is 1. The highest BCUT2D eigenvalue weighted by molar-refractivity contribution is 9.12. The van der Waals surface area contributed by atoms with E-state index in [1.165, 1.54) is 12.1 Å². The molecular formula is C28H22Br2N4O4. The summed E-state index contributed by atoms with van der Waals surface area (Å²) in [7, 11) is 0. The number of aromatic hydroxyl groups is 1. The molecule has 0 radical (unpaired) electrons. The molecule has 0 fully saturated rings. The quantitative estimate of drug-likeness (QED) is 0.232. The molecule has 0 spiro atoms. The van der Waals surface area contributed by atoms with Crippen LogP contribution in [0.3, 0.4) is 0 Å². The van der Waals surface area contributed by atoms with Crippen molar-refractivity contribution in [3.8, 4) is 17.9 Å². The van der Waals surface area contributed by atoms with Crippen molar-refractivity contribution in [3.05, 3.63) is 103 Å². The van der Waals surface area contributed by atoms with Gasteiger partial charge in [-0.05, 0) is 79.3 Å². The highest BCUT2D eigenvalue weighted by atomic mass is 79.9. The van der Waals surface area contributed by atoms with E-state index in [1.54, 1.807) is 54.6 Å². The van der Waals surface area contributed by atoms with Crippen molar-refractivity contribution in [3.63, 3.8) is 0 Å². The molecule has 38 heavy (non-hydrogen) atoms. The maximum Gasteiger partial charge on any atom is 0.262 e. The molecule has 2 aromatic carbocycles. The van der Waals surface area contributed by atoms with E-state index in [0.29, 0.717) is 20.9 Å². The molecule has 4 N–H and O–H groups in total. The fraction of sp³-hybridized carbons (Fsp3) is 0.143. The van der Waals surface area contributed by atoms with Crippen LogP contribution in [-0.4, -0.2) is 22.0 Å². The summed E-state index contributed by atoms with van der Waals surface area (Å²) in [4.78, 5) is 25.1. The number of nitrogens with one attached hydrogen (secondary N) is 2. The van der Waals surface area contributed by atoms with Gasteiger partial charge in [-0.2, -0.15) is 10.5 Å². The minimum Gasteiger partial charge on any atom is -0.507 e. The number of halogens is 2. The summed E-state index contributed by atoms with van der Waals surface area (Å²) < 4.78 is 0.957. The number of benzene rings is 2. The minimum absolute atomic E-state index is 0.0266. The number of carbonyl (C=O) groups excluding carboxylic acids is 2. The van der Waals surface area contributed by atoms with Crippen LogP contribution in [-0.2, 0) is 22.7 Å². The van der Waals surface area contributed by atoms with Gasteiger partial charge in [0.2, 0.25) is 0 Å². The molecule has 0 aromatic heterocycles. The third kappa shape index (κ3) is 7.94. The van der Waals surface area contributed by atoms with Crippen LogP contribution in [0.4, 0.5) is 0 Å². The molecule has 0 aliphatic heterocycles. The molecule has 2 aromatic rings. The smallest absolute Gasteiger partial charge is 0.262 e. The second-order valence-corrected chi connectivity index (χ2v) is 9.97. The Balaban J connectivity index is 1.59. The van der Waals surface area contributed by atoms with Crippen LogP contribution in [0.5, 0.6) is 5.75 Å². The lowest BCUT2D eigenvalue weighted by molar-refractivity contribution is -0.118. The topological polar surface area (TPSA) is 146 Å². The van der Waals surface area contributed by atoms with Gasteiger partial charge in [0.15, 0.2) is 0 Å². The molecule has 1 atom stereocenters. The second kappa shape index (κ2) is 13.4. The zero-order chi connectivity index (χ0) is 27.7. The van der Waals surface area contributed by atoms with E-state index in [-0.39, 0.29) is 41.7 Å². The first kappa shape index (κ1) is 28.5. The molecule has 2 amide bonds. The summed E-state index contributed by atoms with van der Waals surface area (Å²) in [6, 6.07) is 15.6. The van der Waals surface area contributed by atoms with Gasteiger partial charge in [0.25, 0.3) is 11.8 Å². The average molecular weight is 638 g/mol. The largest absolute Gasteiger partial charge is 0.507 e. The summed E-state index contributed by atoms with van der Waals surface area (Å²) in [5, 5.41) is 43.5. The maximum absolute atomic E-state index is 12.6. The van der Waals surface area contributed by atoms with Crippen molar-refractivity contribution in [1.82, 2.24) is 10.6 Å². The average Bonchev–Trinajstić information content (AvgIpc) is 2.91. The number of aliphatic hydroxyl groups excluding tert-OH is 1. The van der Waals surface area contributed by atoms with Gasteiger partial charge in [0.05, 0.1) is 8.96 Å². The Morgan fingerprint density at radius 2 is 1.61 bits per heavy atom. The van der Waals surface area contributed by atoms with Crippen LogP contribution in [0.15, 0.2) is 86.6 Å². The predicted octanol–water partition coefficient (Wildman–Crippen LogP) is 5.18. The molecular weight excluding hydrogens is 616 g/mol. The third-order valence-corrected chi connectivity index (χ3v) is 6.79. The van der Waals surface area contributed by atoms with Gasteiger partial charge < -0.3 is 20.8 Å². The summed E-state index contributed by atoms with van der Waals surface area (Å²) >= 11 is 6.44. The number of carbonyl (C=O) groups is 2. The summed E-state index contributed by atoms with van der Waals surface area (Å²) in [5.41, 5.74) is 1.98. The number of rotatable bonds is 8. The molecule has 3 rings (SSSR count). The summed E-state index contributed by atoms with van der Waals surface area (Å²) in [6.45, 7) is 0.328. The Hall–Kier alpha value is -4.12. The lowest BCUT2D eigenvalue weighted by atomic mass is 9.97. The van der Waals surface area contributed by atoms with Crippen molar-refractivity contribution in [2.75, 3.05) is 0 Å². The highest BCUT2D eigenvalue weighted by Gasteiger charge is 2.16. The van der Waals surface area contributed by atoms with Gasteiger partial charge >= 0.3 is 0 Å². The molecule has 0 saturated carbocycles. The monoisotopic (exact) mass is 636 g/mol. The van der Waals surface area contributed by atoms with E-state index in [1.807, 2.05) is 12.1 Å². The van der Waals surface area contributed by atoms with Gasteiger partial charge in [-0.25, -0.2) is 0 Å². The number of nitriles is 2. The lowest BCUT2D eigenvalue weighted by Gasteiger charge is -2.13. The Morgan fingerprint density at radius 3 is 2.18 bits per heavy atom. The van der Waals surface area contributed by atoms with E-state index in [2.05, 4.69) is 42.5 Å². The minimum atomic E-state index is -0.550. The van der Waals surface area contributed by atoms with Crippen LogP contribution in [0.25, 0.3) is 6.08 Å². The van der Waals surface area contributed by atoms with Crippen molar-refractivity contribution in [2.45, 2.75) is 19.5 Å².